The number of thiophene rings is 1. The summed E-state index contributed by atoms with van der Waals surface area (Å²) in [5, 5.41) is 2.68. The van der Waals surface area contributed by atoms with Gasteiger partial charge in [-0.15, -0.1) is 11.3 Å². The van der Waals surface area contributed by atoms with Crippen LogP contribution >= 0.6 is 11.3 Å². The molecule has 0 aliphatic carbocycles. The molecule has 0 spiro atoms. The molecule has 0 aromatic carbocycles. The fraction of sp³-hybridized carbons (Fsp3) is 0.346. The number of carbonyl (C=O) groups is 2. The van der Waals surface area contributed by atoms with E-state index in [0.717, 1.165) is 39.6 Å². The highest BCUT2D eigenvalue weighted by molar-refractivity contribution is 7.19. The molecular weight excluding hydrogens is 520 g/mol. The van der Waals surface area contributed by atoms with Crippen LogP contribution in [0.3, 0.4) is 0 Å². The minimum Gasteiger partial charge on any atom is -0.462 e. The van der Waals surface area contributed by atoms with Gasteiger partial charge < -0.3 is 24.6 Å². The lowest BCUT2D eigenvalue weighted by Crippen LogP contribution is -2.36. The Bertz CT molecular complexity index is 1470. The van der Waals surface area contributed by atoms with Crippen LogP contribution in [0.2, 0.25) is 0 Å². The maximum Gasteiger partial charge on any atom is 0.341 e. The van der Waals surface area contributed by atoms with Gasteiger partial charge in [-0.25, -0.2) is 29.7 Å². The first-order valence-corrected chi connectivity index (χ1v) is 13.3. The molecule has 0 radical (unpaired) electrons. The fourth-order valence-electron chi connectivity index (χ4n) is 4.08. The lowest BCUT2D eigenvalue weighted by atomic mass is 10.2. The van der Waals surface area contributed by atoms with Crippen LogP contribution in [0.25, 0.3) is 21.6 Å². The number of nitrogens with zero attached hydrogens (tertiary/aromatic N) is 7. The van der Waals surface area contributed by atoms with E-state index in [2.05, 4.69) is 31.2 Å². The van der Waals surface area contributed by atoms with E-state index in [1.807, 2.05) is 18.0 Å². The second-order valence-electron chi connectivity index (χ2n) is 8.86. The van der Waals surface area contributed by atoms with Gasteiger partial charge in [-0.05, 0) is 25.1 Å². The summed E-state index contributed by atoms with van der Waals surface area (Å²) in [5.74, 6) is 1.75. The van der Waals surface area contributed by atoms with Crippen molar-refractivity contribution in [2.24, 2.45) is 0 Å². The summed E-state index contributed by atoms with van der Waals surface area (Å²) < 4.78 is 11.6. The fourth-order valence-corrected chi connectivity index (χ4v) is 5.25. The zero-order valence-electron chi connectivity index (χ0n) is 21.9. The molecule has 1 amide bonds. The van der Waals surface area contributed by atoms with E-state index in [1.54, 1.807) is 30.5 Å². The van der Waals surface area contributed by atoms with E-state index in [0.29, 0.717) is 49.5 Å². The second-order valence-corrected chi connectivity index (χ2v) is 10.00. The van der Waals surface area contributed by atoms with E-state index in [-0.39, 0.29) is 5.91 Å². The van der Waals surface area contributed by atoms with Crippen molar-refractivity contribution in [3.63, 3.8) is 0 Å². The molecule has 0 saturated carbocycles. The number of carbonyl (C=O) groups excluding carboxylic acids is 2. The van der Waals surface area contributed by atoms with Gasteiger partial charge in [-0.3, -0.25) is 4.79 Å². The molecule has 4 aromatic rings. The molecule has 202 valence electrons. The van der Waals surface area contributed by atoms with Gasteiger partial charge >= 0.3 is 5.97 Å². The third-order valence-electron chi connectivity index (χ3n) is 5.92. The number of nitrogens with one attached hydrogen (secondary N) is 1. The summed E-state index contributed by atoms with van der Waals surface area (Å²) in [4.78, 5) is 51.2. The van der Waals surface area contributed by atoms with Crippen LogP contribution in [0.1, 0.15) is 29.1 Å². The number of ether oxygens (including phenoxy) is 2. The van der Waals surface area contributed by atoms with Crippen LogP contribution in [0.15, 0.2) is 36.8 Å². The molecule has 0 bridgehead atoms. The Balaban J connectivity index is 1.44. The van der Waals surface area contributed by atoms with Gasteiger partial charge in [0.2, 0.25) is 11.9 Å². The smallest absolute Gasteiger partial charge is 0.341 e. The van der Waals surface area contributed by atoms with Gasteiger partial charge in [0.25, 0.3) is 0 Å². The molecule has 0 unspecified atom stereocenters. The standard InChI is InChI=1S/C26H28N8O4S/c1-4-38-25(36)18-13-28-26(29-14-18)33(3)15-19-11-20-22(39-19)24(34-7-9-37-10-8-34)32-23(31-20)17-5-6-21(27-12-17)30-16(2)35/h5-6,11-14H,4,7-10,15H2,1-3H3,(H,27,30,35). The summed E-state index contributed by atoms with van der Waals surface area (Å²) in [5.41, 5.74) is 1.90. The zero-order chi connectivity index (χ0) is 27.4. The van der Waals surface area contributed by atoms with Gasteiger partial charge in [0.05, 0.1) is 42.1 Å². The Morgan fingerprint density at radius 1 is 1.13 bits per heavy atom. The van der Waals surface area contributed by atoms with Crippen LogP contribution in [0, 0.1) is 0 Å². The van der Waals surface area contributed by atoms with Gasteiger partial charge in [-0.1, -0.05) is 0 Å². The maximum absolute atomic E-state index is 11.9. The van der Waals surface area contributed by atoms with Crippen LogP contribution < -0.4 is 15.1 Å². The highest BCUT2D eigenvalue weighted by Crippen LogP contribution is 2.35. The number of hydrogen-bond acceptors (Lipinski definition) is 12. The van der Waals surface area contributed by atoms with E-state index in [9.17, 15) is 9.59 Å². The lowest BCUT2D eigenvalue weighted by Gasteiger charge is -2.28. The summed E-state index contributed by atoms with van der Waals surface area (Å²) >= 11 is 1.63. The summed E-state index contributed by atoms with van der Waals surface area (Å²) in [6.07, 6.45) is 4.61. The van der Waals surface area contributed by atoms with Crippen molar-refractivity contribution in [2.45, 2.75) is 20.4 Å². The molecule has 1 aliphatic rings. The monoisotopic (exact) mass is 548 g/mol. The maximum atomic E-state index is 11.9. The van der Waals surface area contributed by atoms with E-state index in [4.69, 9.17) is 19.4 Å². The predicted molar refractivity (Wildman–Crippen MR) is 148 cm³/mol. The largest absolute Gasteiger partial charge is 0.462 e. The molecule has 4 aromatic heterocycles. The molecule has 13 heteroatoms. The minimum atomic E-state index is -0.443. The van der Waals surface area contributed by atoms with Gasteiger partial charge in [-0.2, -0.15) is 0 Å². The Morgan fingerprint density at radius 3 is 2.56 bits per heavy atom. The molecule has 0 atom stereocenters. The second kappa shape index (κ2) is 11.7. The summed E-state index contributed by atoms with van der Waals surface area (Å²) in [6, 6.07) is 5.64. The minimum absolute atomic E-state index is 0.182. The first kappa shape index (κ1) is 26.4. The number of esters is 1. The van der Waals surface area contributed by atoms with Crippen molar-refractivity contribution in [1.82, 2.24) is 24.9 Å². The molecule has 5 heterocycles. The molecule has 1 aliphatic heterocycles. The number of morpholine rings is 1. The van der Waals surface area contributed by atoms with E-state index >= 15 is 0 Å². The van der Waals surface area contributed by atoms with Gasteiger partial charge in [0.1, 0.15) is 5.82 Å². The SMILES string of the molecule is CCOC(=O)c1cnc(N(C)Cc2cc3nc(-c4ccc(NC(C)=O)nc4)nc(N4CCOCC4)c3s2)nc1. The Morgan fingerprint density at radius 2 is 1.90 bits per heavy atom. The average molecular weight is 549 g/mol. The highest BCUT2D eigenvalue weighted by Gasteiger charge is 2.21. The van der Waals surface area contributed by atoms with Crippen molar-refractivity contribution >= 4 is 51.0 Å². The van der Waals surface area contributed by atoms with Crippen LogP contribution in [0.5, 0.6) is 0 Å². The van der Waals surface area contributed by atoms with Crippen molar-refractivity contribution in [3.8, 4) is 11.4 Å². The third-order valence-corrected chi connectivity index (χ3v) is 7.03. The molecular formula is C26H28N8O4S. The van der Waals surface area contributed by atoms with Crippen LogP contribution in [-0.2, 0) is 20.8 Å². The lowest BCUT2D eigenvalue weighted by molar-refractivity contribution is -0.114. The topological polar surface area (TPSA) is 136 Å². The Kier molecular flexibility index (Phi) is 7.89. The number of fused-ring (bicyclic) bond motifs is 1. The third kappa shape index (κ3) is 6.10. The molecule has 1 fully saturated rings. The Hall–Kier alpha value is -4.23. The predicted octanol–water partition coefficient (Wildman–Crippen LogP) is 3.15. The summed E-state index contributed by atoms with van der Waals surface area (Å²) in [6.45, 7) is 6.77. The van der Waals surface area contributed by atoms with Crippen molar-refractivity contribution in [2.75, 3.05) is 55.1 Å². The van der Waals surface area contributed by atoms with E-state index in [1.165, 1.54) is 19.3 Å². The first-order chi connectivity index (χ1) is 18.9. The van der Waals surface area contributed by atoms with Crippen LogP contribution in [0.4, 0.5) is 17.6 Å². The van der Waals surface area contributed by atoms with Crippen molar-refractivity contribution < 1.29 is 19.1 Å². The van der Waals surface area contributed by atoms with Gasteiger partial charge in [0.15, 0.2) is 11.6 Å². The molecule has 1 saturated heterocycles. The number of aromatic nitrogens is 5. The highest BCUT2D eigenvalue weighted by atomic mass is 32.1. The quantitative estimate of drug-likeness (QED) is 0.325. The number of hydrogen-bond donors (Lipinski definition) is 1. The first-order valence-electron chi connectivity index (χ1n) is 12.5. The summed E-state index contributed by atoms with van der Waals surface area (Å²) in [7, 11) is 1.89. The molecule has 12 nitrogen and oxygen atoms in total. The average Bonchev–Trinajstić information content (AvgIpc) is 3.35. The van der Waals surface area contributed by atoms with Crippen LogP contribution in [-0.4, -0.2) is 76.8 Å². The van der Waals surface area contributed by atoms with E-state index < -0.39 is 5.97 Å². The Labute approximate surface area is 229 Å². The molecule has 1 N–H and O–H groups in total. The van der Waals surface area contributed by atoms with Gasteiger partial charge in [0, 0.05) is 56.1 Å². The number of anilines is 3. The number of rotatable bonds is 8. The molecule has 39 heavy (non-hydrogen) atoms. The van der Waals surface area contributed by atoms with Crippen molar-refractivity contribution in [3.05, 3.63) is 47.2 Å². The number of pyridine rings is 1. The normalized spacial score (nSPS) is 13.4. The van der Waals surface area contributed by atoms with Crippen molar-refractivity contribution in [1.29, 1.82) is 0 Å². The zero-order valence-corrected chi connectivity index (χ0v) is 22.7. The number of amides is 1. The molecule has 5 rings (SSSR count).